The number of nitrogens with zero attached hydrogens (tertiary/aromatic N) is 1. The highest BCUT2D eigenvalue weighted by Crippen LogP contribution is 2.06. The number of rotatable bonds is 10. The Balaban J connectivity index is 2.06. The third-order valence-corrected chi connectivity index (χ3v) is 3.79. The molecule has 0 saturated carbocycles. The Kier molecular flexibility index (Phi) is 8.56. The van der Waals surface area contributed by atoms with Gasteiger partial charge >= 0.3 is 0 Å². The van der Waals surface area contributed by atoms with Crippen LogP contribution < -0.4 is 5.32 Å². The minimum absolute atomic E-state index is 0.639. The highest BCUT2D eigenvalue weighted by molar-refractivity contribution is 5.14. The van der Waals surface area contributed by atoms with Gasteiger partial charge in [0.1, 0.15) is 0 Å². The summed E-state index contributed by atoms with van der Waals surface area (Å²) in [5.74, 6) is 0.813. The van der Waals surface area contributed by atoms with E-state index in [2.05, 4.69) is 68.4 Å². The Bertz CT molecular complexity index is 335. The number of nitrogens with one attached hydrogen (secondary N) is 1. The van der Waals surface area contributed by atoms with E-state index < -0.39 is 0 Å². The lowest BCUT2D eigenvalue weighted by Crippen LogP contribution is -2.35. The summed E-state index contributed by atoms with van der Waals surface area (Å²) >= 11 is 0. The van der Waals surface area contributed by atoms with Gasteiger partial charge in [0.2, 0.25) is 0 Å². The highest BCUT2D eigenvalue weighted by atomic mass is 15.1. The van der Waals surface area contributed by atoms with E-state index in [4.69, 9.17) is 0 Å². The predicted molar refractivity (Wildman–Crippen MR) is 89.2 cm³/mol. The smallest absolute Gasteiger partial charge is 0.0104 e. The molecule has 0 spiro atoms. The first-order valence-electron chi connectivity index (χ1n) is 8.03. The lowest BCUT2D eigenvalue weighted by molar-refractivity contribution is 0.324. The van der Waals surface area contributed by atoms with Gasteiger partial charge in [0.25, 0.3) is 0 Å². The van der Waals surface area contributed by atoms with Crippen LogP contribution >= 0.6 is 0 Å². The first kappa shape index (κ1) is 17.2. The standard InChI is InChI=1S/C18H32N2/c1-16(2)10-11-17(3)19-13-15-20(4)14-12-18-8-6-5-7-9-18/h5-9,16-17,19H,10-15H2,1-4H3. The van der Waals surface area contributed by atoms with E-state index in [-0.39, 0.29) is 0 Å². The molecule has 0 aliphatic rings. The van der Waals surface area contributed by atoms with Crippen LogP contribution in [0.4, 0.5) is 0 Å². The number of hydrogen-bond acceptors (Lipinski definition) is 2. The maximum absolute atomic E-state index is 3.63. The van der Waals surface area contributed by atoms with Gasteiger partial charge in [-0.1, -0.05) is 44.2 Å². The molecule has 1 atom stereocenters. The third kappa shape index (κ3) is 8.34. The maximum Gasteiger partial charge on any atom is 0.0104 e. The van der Waals surface area contributed by atoms with Gasteiger partial charge in [0, 0.05) is 25.7 Å². The minimum atomic E-state index is 0.639. The molecular weight excluding hydrogens is 244 g/mol. The maximum atomic E-state index is 3.63. The van der Waals surface area contributed by atoms with E-state index in [1.807, 2.05) is 0 Å². The molecule has 114 valence electrons. The minimum Gasteiger partial charge on any atom is -0.313 e. The van der Waals surface area contributed by atoms with Crippen molar-refractivity contribution in [2.75, 3.05) is 26.7 Å². The van der Waals surface area contributed by atoms with Gasteiger partial charge in [-0.15, -0.1) is 0 Å². The van der Waals surface area contributed by atoms with Gasteiger partial charge < -0.3 is 10.2 Å². The van der Waals surface area contributed by atoms with Crippen LogP contribution in [0.25, 0.3) is 0 Å². The fourth-order valence-electron chi connectivity index (χ4n) is 2.26. The summed E-state index contributed by atoms with van der Waals surface area (Å²) in [6.45, 7) is 10.2. The van der Waals surface area contributed by atoms with Gasteiger partial charge in [-0.2, -0.15) is 0 Å². The summed E-state index contributed by atoms with van der Waals surface area (Å²) in [5.41, 5.74) is 1.43. The Hall–Kier alpha value is -0.860. The molecule has 0 aromatic heterocycles. The van der Waals surface area contributed by atoms with Gasteiger partial charge in [0.05, 0.1) is 0 Å². The zero-order chi connectivity index (χ0) is 14.8. The average molecular weight is 276 g/mol. The van der Waals surface area contributed by atoms with Crippen molar-refractivity contribution in [1.29, 1.82) is 0 Å². The van der Waals surface area contributed by atoms with Crippen molar-refractivity contribution in [3.63, 3.8) is 0 Å². The van der Waals surface area contributed by atoms with Crippen LogP contribution in [0.15, 0.2) is 30.3 Å². The molecule has 1 unspecified atom stereocenters. The van der Waals surface area contributed by atoms with Crippen LogP contribution in [-0.4, -0.2) is 37.6 Å². The Morgan fingerprint density at radius 2 is 1.70 bits per heavy atom. The summed E-state index contributed by atoms with van der Waals surface area (Å²) < 4.78 is 0. The molecule has 20 heavy (non-hydrogen) atoms. The van der Waals surface area contributed by atoms with Gasteiger partial charge in [-0.3, -0.25) is 0 Å². The van der Waals surface area contributed by atoms with Crippen molar-refractivity contribution in [1.82, 2.24) is 10.2 Å². The van der Waals surface area contributed by atoms with E-state index in [0.29, 0.717) is 6.04 Å². The second kappa shape index (κ2) is 9.95. The van der Waals surface area contributed by atoms with Crippen LogP contribution in [0, 0.1) is 5.92 Å². The first-order valence-corrected chi connectivity index (χ1v) is 8.03. The van der Waals surface area contributed by atoms with Crippen LogP contribution in [0.3, 0.4) is 0 Å². The van der Waals surface area contributed by atoms with E-state index in [9.17, 15) is 0 Å². The van der Waals surface area contributed by atoms with Crippen molar-refractivity contribution in [3.05, 3.63) is 35.9 Å². The molecule has 1 N–H and O–H groups in total. The molecule has 0 radical (unpaired) electrons. The lowest BCUT2D eigenvalue weighted by Gasteiger charge is -2.20. The molecule has 2 heteroatoms. The number of benzene rings is 1. The fourth-order valence-corrected chi connectivity index (χ4v) is 2.26. The summed E-state index contributed by atoms with van der Waals surface area (Å²) in [5, 5.41) is 3.63. The largest absolute Gasteiger partial charge is 0.313 e. The Morgan fingerprint density at radius 3 is 2.35 bits per heavy atom. The summed E-state index contributed by atoms with van der Waals surface area (Å²) in [4.78, 5) is 2.41. The van der Waals surface area contributed by atoms with Crippen LogP contribution in [-0.2, 0) is 6.42 Å². The van der Waals surface area contributed by atoms with Crippen molar-refractivity contribution >= 4 is 0 Å². The van der Waals surface area contributed by atoms with E-state index >= 15 is 0 Å². The monoisotopic (exact) mass is 276 g/mol. The van der Waals surface area contributed by atoms with Crippen LogP contribution in [0.5, 0.6) is 0 Å². The molecule has 0 amide bonds. The molecule has 0 heterocycles. The summed E-state index contributed by atoms with van der Waals surface area (Å²) in [7, 11) is 2.21. The Morgan fingerprint density at radius 1 is 1.00 bits per heavy atom. The molecular formula is C18H32N2. The number of likely N-dealkylation sites (N-methyl/N-ethyl adjacent to an activating group) is 1. The molecule has 1 aromatic carbocycles. The van der Waals surface area contributed by atoms with Crippen molar-refractivity contribution in [2.24, 2.45) is 5.92 Å². The zero-order valence-electron chi connectivity index (χ0n) is 13.7. The molecule has 1 rings (SSSR count). The molecule has 0 aliphatic heterocycles. The predicted octanol–water partition coefficient (Wildman–Crippen LogP) is 3.58. The molecule has 2 nitrogen and oxygen atoms in total. The summed E-state index contributed by atoms with van der Waals surface area (Å²) in [6, 6.07) is 11.4. The first-order chi connectivity index (χ1) is 9.58. The second-order valence-electron chi connectivity index (χ2n) is 6.37. The normalized spacial score (nSPS) is 13.1. The van der Waals surface area contributed by atoms with Crippen molar-refractivity contribution in [2.45, 2.75) is 46.1 Å². The molecule has 0 fully saturated rings. The van der Waals surface area contributed by atoms with E-state index in [1.165, 1.54) is 18.4 Å². The SMILES string of the molecule is CC(C)CCC(C)NCCN(C)CCc1ccccc1. The van der Waals surface area contributed by atoms with Gasteiger partial charge in [0.15, 0.2) is 0 Å². The van der Waals surface area contributed by atoms with E-state index in [0.717, 1.165) is 32.0 Å². The quantitative estimate of drug-likeness (QED) is 0.703. The molecule has 1 aromatic rings. The molecule has 0 saturated heterocycles. The van der Waals surface area contributed by atoms with Crippen LogP contribution in [0.1, 0.15) is 39.2 Å². The topological polar surface area (TPSA) is 15.3 Å². The van der Waals surface area contributed by atoms with Crippen molar-refractivity contribution in [3.8, 4) is 0 Å². The molecule has 0 aliphatic carbocycles. The summed E-state index contributed by atoms with van der Waals surface area (Å²) in [6.07, 6.45) is 3.74. The highest BCUT2D eigenvalue weighted by Gasteiger charge is 2.04. The molecule has 0 bridgehead atoms. The Labute approximate surface area is 125 Å². The third-order valence-electron chi connectivity index (χ3n) is 3.79. The zero-order valence-corrected chi connectivity index (χ0v) is 13.7. The van der Waals surface area contributed by atoms with Gasteiger partial charge in [-0.05, 0) is 44.7 Å². The van der Waals surface area contributed by atoms with E-state index in [1.54, 1.807) is 0 Å². The van der Waals surface area contributed by atoms with Crippen molar-refractivity contribution < 1.29 is 0 Å². The fraction of sp³-hybridized carbons (Fsp3) is 0.667. The number of hydrogen-bond donors (Lipinski definition) is 1. The van der Waals surface area contributed by atoms with Crippen LogP contribution in [0.2, 0.25) is 0 Å². The average Bonchev–Trinajstić information content (AvgIpc) is 2.44. The second-order valence-corrected chi connectivity index (χ2v) is 6.37. The lowest BCUT2D eigenvalue weighted by atomic mass is 10.0. The van der Waals surface area contributed by atoms with Gasteiger partial charge in [-0.25, -0.2) is 0 Å².